The molecule has 0 aromatic heterocycles. The minimum absolute atomic E-state index is 0.0506. The van der Waals surface area contributed by atoms with Crippen molar-refractivity contribution in [2.24, 2.45) is 17.3 Å². The number of benzene rings is 1. The maximum absolute atomic E-state index is 12.2. The number of hydrogen-bond donors (Lipinski definition) is 1. The molecule has 1 N–H and O–H groups in total. The van der Waals surface area contributed by atoms with E-state index in [1.54, 1.807) is 7.11 Å². The van der Waals surface area contributed by atoms with E-state index in [1.165, 1.54) is 0 Å². The third-order valence-electron chi connectivity index (χ3n) is 5.12. The molecule has 0 aliphatic heterocycles. The number of esters is 1. The molecule has 0 saturated heterocycles. The Hall–Kier alpha value is -1.47. The number of rotatable bonds is 10. The Morgan fingerprint density at radius 1 is 1.18 bits per heavy atom. The molecule has 1 saturated carbocycles. The van der Waals surface area contributed by atoms with Crippen LogP contribution in [0.25, 0.3) is 0 Å². The largest absolute Gasteiger partial charge is 0.465 e. The van der Waals surface area contributed by atoms with Gasteiger partial charge in [-0.2, -0.15) is 0 Å². The Kier molecular flexibility index (Phi) is 8.89. The predicted octanol–water partition coefficient (Wildman–Crippen LogP) is 3.17. The first-order valence-electron chi connectivity index (χ1n) is 9.90. The van der Waals surface area contributed by atoms with E-state index in [1.807, 2.05) is 51.1 Å². The van der Waals surface area contributed by atoms with Crippen molar-refractivity contribution in [1.82, 2.24) is 0 Å². The summed E-state index contributed by atoms with van der Waals surface area (Å²) >= 11 is 0. The molecule has 0 radical (unpaired) electrons. The monoisotopic (exact) mass is 394 g/mol. The average molecular weight is 395 g/mol. The second-order valence-electron chi connectivity index (χ2n) is 8.42. The first kappa shape index (κ1) is 22.8. The van der Waals surface area contributed by atoms with Crippen molar-refractivity contribution >= 4 is 5.97 Å². The molecule has 0 bridgehead atoms. The molecule has 0 amide bonds. The highest BCUT2D eigenvalue weighted by Gasteiger charge is 2.44. The van der Waals surface area contributed by atoms with Crippen LogP contribution in [0.2, 0.25) is 0 Å². The van der Waals surface area contributed by atoms with Gasteiger partial charge in [-0.1, -0.05) is 30.3 Å². The van der Waals surface area contributed by atoms with Crippen molar-refractivity contribution < 1.29 is 28.8 Å². The maximum Gasteiger partial charge on any atom is 0.311 e. The van der Waals surface area contributed by atoms with Gasteiger partial charge in [-0.3, -0.25) is 4.79 Å². The summed E-state index contributed by atoms with van der Waals surface area (Å²) in [6.07, 6.45) is 0.464. The topological polar surface area (TPSA) is 74.2 Å². The molecule has 1 fully saturated rings. The lowest BCUT2D eigenvalue weighted by molar-refractivity contribution is -0.158. The number of hydrogen-bond acceptors (Lipinski definition) is 6. The molecule has 0 unspecified atom stereocenters. The van der Waals surface area contributed by atoms with E-state index in [9.17, 15) is 9.90 Å². The SMILES string of the molecule is COCO[C@H]1C[C@@H](O)[C@@H](CCOCc2ccccc2)[C@@H]1COC(=O)C(C)(C)C. The van der Waals surface area contributed by atoms with Gasteiger partial charge in [0.1, 0.15) is 6.79 Å². The number of carbonyl (C=O) groups excluding carboxylic acids is 1. The second-order valence-corrected chi connectivity index (χ2v) is 8.42. The summed E-state index contributed by atoms with van der Waals surface area (Å²) in [6, 6.07) is 9.98. The van der Waals surface area contributed by atoms with E-state index in [-0.39, 0.29) is 37.3 Å². The predicted molar refractivity (Wildman–Crippen MR) is 105 cm³/mol. The zero-order valence-corrected chi connectivity index (χ0v) is 17.4. The van der Waals surface area contributed by atoms with Crippen molar-refractivity contribution in [1.29, 1.82) is 0 Å². The standard InChI is InChI=1S/C22H34O6/c1-22(2,3)21(24)27-14-18-17(19(23)12-20(18)28-15-25-4)10-11-26-13-16-8-6-5-7-9-16/h5-9,17-20,23H,10-15H2,1-4H3/t17-,18-,19+,20-/m0/s1. The van der Waals surface area contributed by atoms with Gasteiger partial charge in [0.2, 0.25) is 0 Å². The van der Waals surface area contributed by atoms with E-state index < -0.39 is 11.5 Å². The third-order valence-corrected chi connectivity index (χ3v) is 5.12. The molecule has 6 nitrogen and oxygen atoms in total. The summed E-state index contributed by atoms with van der Waals surface area (Å²) in [7, 11) is 1.56. The number of methoxy groups -OCH3 is 1. The molecular weight excluding hydrogens is 360 g/mol. The minimum Gasteiger partial charge on any atom is -0.465 e. The molecule has 4 atom stereocenters. The maximum atomic E-state index is 12.2. The van der Waals surface area contributed by atoms with Crippen LogP contribution in [-0.4, -0.2) is 50.4 Å². The van der Waals surface area contributed by atoms with Gasteiger partial charge in [0.15, 0.2) is 0 Å². The number of aliphatic hydroxyl groups excluding tert-OH is 1. The van der Waals surface area contributed by atoms with Crippen LogP contribution in [0.3, 0.4) is 0 Å². The fourth-order valence-electron chi connectivity index (χ4n) is 3.51. The van der Waals surface area contributed by atoms with Gasteiger partial charge in [-0.15, -0.1) is 0 Å². The summed E-state index contributed by atoms with van der Waals surface area (Å²) in [5, 5.41) is 10.6. The summed E-state index contributed by atoms with van der Waals surface area (Å²) in [4.78, 5) is 12.2. The van der Waals surface area contributed by atoms with Crippen LogP contribution in [0, 0.1) is 17.3 Å². The van der Waals surface area contributed by atoms with E-state index in [4.69, 9.17) is 18.9 Å². The van der Waals surface area contributed by atoms with Crippen LogP contribution in [-0.2, 0) is 30.3 Å². The van der Waals surface area contributed by atoms with Crippen molar-refractivity contribution in [2.45, 2.75) is 52.4 Å². The fourth-order valence-corrected chi connectivity index (χ4v) is 3.51. The van der Waals surface area contributed by atoms with E-state index in [0.29, 0.717) is 26.1 Å². The number of ether oxygens (including phenoxy) is 4. The van der Waals surface area contributed by atoms with E-state index in [2.05, 4.69) is 0 Å². The number of carbonyl (C=O) groups is 1. The van der Waals surface area contributed by atoms with Gasteiger partial charge in [0, 0.05) is 26.1 Å². The molecule has 158 valence electrons. The van der Waals surface area contributed by atoms with Crippen LogP contribution in [0.1, 0.15) is 39.2 Å². The molecule has 0 heterocycles. The highest BCUT2D eigenvalue weighted by atomic mass is 16.7. The third kappa shape index (κ3) is 6.85. The van der Waals surface area contributed by atoms with Crippen LogP contribution < -0.4 is 0 Å². The molecular formula is C22H34O6. The van der Waals surface area contributed by atoms with Crippen molar-refractivity contribution in [3.63, 3.8) is 0 Å². The Morgan fingerprint density at radius 2 is 1.89 bits per heavy atom. The molecule has 2 rings (SSSR count). The van der Waals surface area contributed by atoms with Crippen molar-refractivity contribution in [3.05, 3.63) is 35.9 Å². The number of aliphatic hydroxyl groups is 1. The molecule has 6 heteroatoms. The Labute approximate surface area is 168 Å². The van der Waals surface area contributed by atoms with Gasteiger partial charge in [0.25, 0.3) is 0 Å². The fraction of sp³-hybridized carbons (Fsp3) is 0.682. The normalized spacial score (nSPS) is 25.0. The van der Waals surface area contributed by atoms with Gasteiger partial charge >= 0.3 is 5.97 Å². The van der Waals surface area contributed by atoms with Crippen molar-refractivity contribution in [3.8, 4) is 0 Å². The summed E-state index contributed by atoms with van der Waals surface area (Å²) in [6.45, 7) is 6.92. The second kappa shape index (κ2) is 10.9. The van der Waals surface area contributed by atoms with Gasteiger partial charge < -0.3 is 24.1 Å². The highest BCUT2D eigenvalue weighted by molar-refractivity contribution is 5.75. The molecule has 1 aliphatic carbocycles. The lowest BCUT2D eigenvalue weighted by Gasteiger charge is -2.27. The van der Waals surface area contributed by atoms with Crippen LogP contribution in [0.5, 0.6) is 0 Å². The van der Waals surface area contributed by atoms with Gasteiger partial charge in [-0.25, -0.2) is 0 Å². The first-order chi connectivity index (χ1) is 13.3. The van der Waals surface area contributed by atoms with E-state index >= 15 is 0 Å². The lowest BCUT2D eigenvalue weighted by atomic mass is 9.91. The Balaban J connectivity index is 1.90. The first-order valence-corrected chi connectivity index (χ1v) is 9.90. The highest BCUT2D eigenvalue weighted by Crippen LogP contribution is 2.37. The molecule has 1 aromatic rings. The average Bonchev–Trinajstić information content (AvgIpc) is 2.96. The smallest absolute Gasteiger partial charge is 0.311 e. The van der Waals surface area contributed by atoms with Crippen LogP contribution in [0.15, 0.2) is 30.3 Å². The zero-order chi connectivity index (χ0) is 20.6. The Morgan fingerprint density at radius 3 is 2.54 bits per heavy atom. The molecule has 28 heavy (non-hydrogen) atoms. The Bertz CT molecular complexity index is 582. The lowest BCUT2D eigenvalue weighted by Crippen LogP contribution is -2.33. The summed E-state index contributed by atoms with van der Waals surface area (Å²) in [5.74, 6) is -0.388. The molecule has 1 aliphatic rings. The van der Waals surface area contributed by atoms with Gasteiger partial charge in [0.05, 0.1) is 30.8 Å². The summed E-state index contributed by atoms with van der Waals surface area (Å²) < 4.78 is 22.1. The minimum atomic E-state index is -0.561. The van der Waals surface area contributed by atoms with E-state index in [0.717, 1.165) is 5.56 Å². The summed E-state index contributed by atoms with van der Waals surface area (Å²) in [5.41, 5.74) is 0.556. The quantitative estimate of drug-likeness (QED) is 0.373. The van der Waals surface area contributed by atoms with Crippen LogP contribution in [0.4, 0.5) is 0 Å². The molecule has 1 aromatic carbocycles. The molecule has 0 spiro atoms. The zero-order valence-electron chi connectivity index (χ0n) is 17.4. The van der Waals surface area contributed by atoms with Crippen molar-refractivity contribution in [2.75, 3.05) is 27.1 Å². The van der Waals surface area contributed by atoms with Gasteiger partial charge in [-0.05, 0) is 38.7 Å². The van der Waals surface area contributed by atoms with Crippen LogP contribution >= 0.6 is 0 Å².